The summed E-state index contributed by atoms with van der Waals surface area (Å²) in [6.07, 6.45) is 2.40. The van der Waals surface area contributed by atoms with Gasteiger partial charge in [0.15, 0.2) is 0 Å². The molecule has 0 aliphatic carbocycles. The lowest BCUT2D eigenvalue weighted by molar-refractivity contribution is 0.219. The largest absolute Gasteiger partial charge is 0.370 e. The molecule has 1 unspecified atom stereocenters. The Kier molecular flexibility index (Phi) is 6.00. The lowest BCUT2D eigenvalue weighted by atomic mass is 10.1. The fourth-order valence-electron chi connectivity index (χ4n) is 2.81. The molecule has 1 atom stereocenters. The van der Waals surface area contributed by atoms with Crippen LogP contribution in [0.4, 0.5) is 5.82 Å². The zero-order chi connectivity index (χ0) is 15.1. The zero-order valence-corrected chi connectivity index (χ0v) is 13.5. The van der Waals surface area contributed by atoms with Crippen LogP contribution in [0.3, 0.4) is 0 Å². The monoisotopic (exact) mass is 285 g/mol. The molecule has 21 heavy (non-hydrogen) atoms. The first-order valence-corrected chi connectivity index (χ1v) is 8.08. The standard InChI is InChI=1S/C18H27N3/c1-4-21(5-2)15(3)9-8-14-19-18-13-12-16-10-6-7-11-17(16)20-18/h6-7,10-13,15H,4-5,8-9,14H2,1-3H3,(H,19,20). The highest BCUT2D eigenvalue weighted by molar-refractivity contribution is 5.79. The first kappa shape index (κ1) is 15.8. The summed E-state index contributed by atoms with van der Waals surface area (Å²) >= 11 is 0. The van der Waals surface area contributed by atoms with Crippen LogP contribution in [-0.2, 0) is 0 Å². The molecule has 1 aromatic carbocycles. The molecule has 3 heteroatoms. The van der Waals surface area contributed by atoms with Gasteiger partial charge in [-0.15, -0.1) is 0 Å². The second kappa shape index (κ2) is 7.99. The van der Waals surface area contributed by atoms with Gasteiger partial charge in [0, 0.05) is 18.0 Å². The van der Waals surface area contributed by atoms with Gasteiger partial charge in [-0.05, 0) is 51.1 Å². The average molecular weight is 285 g/mol. The molecule has 0 aliphatic heterocycles. The number of hydrogen-bond acceptors (Lipinski definition) is 3. The molecule has 0 spiro atoms. The summed E-state index contributed by atoms with van der Waals surface area (Å²) in [7, 11) is 0. The maximum Gasteiger partial charge on any atom is 0.126 e. The quantitative estimate of drug-likeness (QED) is 0.738. The van der Waals surface area contributed by atoms with Gasteiger partial charge in [-0.25, -0.2) is 4.98 Å². The highest BCUT2D eigenvalue weighted by Gasteiger charge is 2.08. The summed E-state index contributed by atoms with van der Waals surface area (Å²) in [5, 5.41) is 4.63. The van der Waals surface area contributed by atoms with Gasteiger partial charge in [0.2, 0.25) is 0 Å². The lowest BCUT2D eigenvalue weighted by Crippen LogP contribution is -2.32. The summed E-state index contributed by atoms with van der Waals surface area (Å²) < 4.78 is 0. The van der Waals surface area contributed by atoms with Gasteiger partial charge >= 0.3 is 0 Å². The molecule has 2 rings (SSSR count). The SMILES string of the molecule is CCN(CC)C(C)CCCNc1ccc2ccccc2n1. The Bertz CT molecular complexity index is 549. The van der Waals surface area contributed by atoms with E-state index < -0.39 is 0 Å². The summed E-state index contributed by atoms with van der Waals surface area (Å²) in [5.74, 6) is 0.976. The van der Waals surface area contributed by atoms with Gasteiger partial charge in [-0.3, -0.25) is 0 Å². The minimum Gasteiger partial charge on any atom is -0.370 e. The van der Waals surface area contributed by atoms with Crippen molar-refractivity contribution in [2.45, 2.75) is 39.7 Å². The number of benzene rings is 1. The highest BCUT2D eigenvalue weighted by Crippen LogP contribution is 2.14. The molecule has 0 amide bonds. The van der Waals surface area contributed by atoms with Crippen LogP contribution >= 0.6 is 0 Å². The lowest BCUT2D eigenvalue weighted by Gasteiger charge is -2.26. The Morgan fingerprint density at radius 3 is 2.62 bits per heavy atom. The molecular formula is C18H27N3. The van der Waals surface area contributed by atoms with Gasteiger partial charge in [-0.1, -0.05) is 32.0 Å². The molecule has 0 bridgehead atoms. The second-order valence-corrected chi connectivity index (χ2v) is 5.53. The second-order valence-electron chi connectivity index (χ2n) is 5.53. The first-order chi connectivity index (χ1) is 10.2. The molecule has 0 saturated carbocycles. The van der Waals surface area contributed by atoms with Crippen LogP contribution in [0.25, 0.3) is 10.9 Å². The zero-order valence-electron chi connectivity index (χ0n) is 13.5. The molecule has 1 heterocycles. The molecule has 2 aromatic rings. The fraction of sp³-hybridized carbons (Fsp3) is 0.500. The van der Waals surface area contributed by atoms with Crippen LogP contribution in [0, 0.1) is 0 Å². The smallest absolute Gasteiger partial charge is 0.126 e. The van der Waals surface area contributed by atoms with Crippen molar-refractivity contribution < 1.29 is 0 Å². The van der Waals surface area contributed by atoms with E-state index in [1.54, 1.807) is 0 Å². The molecule has 1 aromatic heterocycles. The molecule has 0 saturated heterocycles. The van der Waals surface area contributed by atoms with Crippen molar-refractivity contribution >= 4 is 16.7 Å². The van der Waals surface area contributed by atoms with E-state index in [0.717, 1.165) is 31.0 Å². The molecule has 0 aliphatic rings. The van der Waals surface area contributed by atoms with Gasteiger partial charge in [0.1, 0.15) is 5.82 Å². The van der Waals surface area contributed by atoms with Crippen molar-refractivity contribution in [3.8, 4) is 0 Å². The number of pyridine rings is 1. The third kappa shape index (κ3) is 4.43. The summed E-state index contributed by atoms with van der Waals surface area (Å²) in [5.41, 5.74) is 1.05. The van der Waals surface area contributed by atoms with Crippen molar-refractivity contribution in [2.75, 3.05) is 25.0 Å². The van der Waals surface area contributed by atoms with Crippen LogP contribution in [0.1, 0.15) is 33.6 Å². The van der Waals surface area contributed by atoms with E-state index in [-0.39, 0.29) is 0 Å². The van der Waals surface area contributed by atoms with Crippen molar-refractivity contribution in [3.05, 3.63) is 36.4 Å². The number of para-hydroxylation sites is 1. The Hall–Kier alpha value is -1.61. The predicted molar refractivity (Wildman–Crippen MR) is 91.8 cm³/mol. The Morgan fingerprint density at radius 2 is 1.86 bits per heavy atom. The molecular weight excluding hydrogens is 258 g/mol. The van der Waals surface area contributed by atoms with Crippen LogP contribution in [0.5, 0.6) is 0 Å². The number of rotatable bonds is 8. The Balaban J connectivity index is 1.79. The average Bonchev–Trinajstić information content (AvgIpc) is 2.52. The number of nitrogens with zero attached hydrogens (tertiary/aromatic N) is 2. The maximum atomic E-state index is 4.64. The Morgan fingerprint density at radius 1 is 1.10 bits per heavy atom. The van der Waals surface area contributed by atoms with Crippen LogP contribution in [0.2, 0.25) is 0 Å². The maximum absolute atomic E-state index is 4.64. The summed E-state index contributed by atoms with van der Waals surface area (Å²) in [6, 6.07) is 13.1. The van der Waals surface area contributed by atoms with Gasteiger partial charge in [0.25, 0.3) is 0 Å². The van der Waals surface area contributed by atoms with Crippen molar-refractivity contribution in [2.24, 2.45) is 0 Å². The summed E-state index contributed by atoms with van der Waals surface area (Å²) in [4.78, 5) is 7.15. The van der Waals surface area contributed by atoms with E-state index in [2.05, 4.69) is 60.2 Å². The third-order valence-electron chi connectivity index (χ3n) is 4.14. The number of fused-ring (bicyclic) bond motifs is 1. The van der Waals surface area contributed by atoms with Crippen molar-refractivity contribution in [3.63, 3.8) is 0 Å². The normalized spacial score (nSPS) is 12.8. The highest BCUT2D eigenvalue weighted by atomic mass is 15.1. The van der Waals surface area contributed by atoms with E-state index in [1.807, 2.05) is 12.1 Å². The molecule has 0 radical (unpaired) electrons. The van der Waals surface area contributed by atoms with Crippen LogP contribution in [0.15, 0.2) is 36.4 Å². The number of hydrogen-bond donors (Lipinski definition) is 1. The summed E-state index contributed by atoms with van der Waals surface area (Å²) in [6.45, 7) is 10.0. The molecule has 3 nitrogen and oxygen atoms in total. The Labute approximate surface area is 128 Å². The van der Waals surface area contributed by atoms with E-state index in [1.165, 1.54) is 18.2 Å². The van der Waals surface area contributed by atoms with Crippen LogP contribution < -0.4 is 5.32 Å². The minimum atomic E-state index is 0.659. The van der Waals surface area contributed by atoms with E-state index in [4.69, 9.17) is 0 Å². The van der Waals surface area contributed by atoms with Crippen molar-refractivity contribution in [1.29, 1.82) is 0 Å². The fourth-order valence-corrected chi connectivity index (χ4v) is 2.81. The minimum absolute atomic E-state index is 0.659. The van der Waals surface area contributed by atoms with Crippen LogP contribution in [-0.4, -0.2) is 35.6 Å². The number of aromatic nitrogens is 1. The molecule has 1 N–H and O–H groups in total. The van der Waals surface area contributed by atoms with E-state index >= 15 is 0 Å². The van der Waals surface area contributed by atoms with Gasteiger partial charge < -0.3 is 10.2 Å². The third-order valence-corrected chi connectivity index (χ3v) is 4.14. The van der Waals surface area contributed by atoms with E-state index in [9.17, 15) is 0 Å². The van der Waals surface area contributed by atoms with Crippen molar-refractivity contribution in [1.82, 2.24) is 9.88 Å². The number of anilines is 1. The number of nitrogens with one attached hydrogen (secondary N) is 1. The predicted octanol–water partition coefficient (Wildman–Crippen LogP) is 4.16. The molecule has 114 valence electrons. The topological polar surface area (TPSA) is 28.2 Å². The van der Waals surface area contributed by atoms with E-state index in [0.29, 0.717) is 6.04 Å². The van der Waals surface area contributed by atoms with Gasteiger partial charge in [0.05, 0.1) is 5.52 Å². The van der Waals surface area contributed by atoms with Gasteiger partial charge in [-0.2, -0.15) is 0 Å². The first-order valence-electron chi connectivity index (χ1n) is 8.08. The molecule has 0 fully saturated rings.